The van der Waals surface area contributed by atoms with E-state index in [1.807, 2.05) is 31.2 Å². The van der Waals surface area contributed by atoms with Gasteiger partial charge >= 0.3 is 5.97 Å². The van der Waals surface area contributed by atoms with E-state index in [9.17, 15) is 4.79 Å². The van der Waals surface area contributed by atoms with Crippen LogP contribution in [0.2, 0.25) is 0 Å². The maximum absolute atomic E-state index is 12.1. The second kappa shape index (κ2) is 6.80. The molecule has 0 aliphatic rings. The largest absolute Gasteiger partial charge is 0.456 e. The highest BCUT2D eigenvalue weighted by Crippen LogP contribution is 2.18. The van der Waals surface area contributed by atoms with Crippen LogP contribution < -0.4 is 0 Å². The van der Waals surface area contributed by atoms with Crippen LogP contribution in [0.25, 0.3) is 11.3 Å². The molecular weight excluding hydrogens is 302 g/mol. The zero-order valence-corrected chi connectivity index (χ0v) is 13.1. The number of H-pyrrole nitrogens is 1. The summed E-state index contributed by atoms with van der Waals surface area (Å²) in [5, 5.41) is 15.7. The number of nitrogens with one attached hydrogen (secondary N) is 1. The number of aromatic nitrogens is 2. The zero-order chi connectivity index (χ0) is 16.9. The summed E-state index contributed by atoms with van der Waals surface area (Å²) in [6, 6.07) is 18.6. The number of benzene rings is 2. The van der Waals surface area contributed by atoms with Crippen molar-refractivity contribution in [1.82, 2.24) is 10.2 Å². The fourth-order valence-electron chi connectivity index (χ4n) is 2.26. The molecule has 5 heteroatoms. The lowest BCUT2D eigenvalue weighted by molar-refractivity contribution is 0.0465. The van der Waals surface area contributed by atoms with Crippen LogP contribution >= 0.6 is 0 Å². The van der Waals surface area contributed by atoms with Gasteiger partial charge in [-0.25, -0.2) is 4.79 Å². The highest BCUT2D eigenvalue weighted by Gasteiger charge is 2.12. The molecule has 2 aromatic carbocycles. The van der Waals surface area contributed by atoms with E-state index in [0.29, 0.717) is 17.0 Å². The Labute approximate surface area is 139 Å². The zero-order valence-electron chi connectivity index (χ0n) is 13.1. The summed E-state index contributed by atoms with van der Waals surface area (Å²) in [5.74, 6) is -0.483. The maximum Gasteiger partial charge on any atom is 0.356 e. The second-order valence-corrected chi connectivity index (χ2v) is 5.42. The number of aryl methyl sites for hydroxylation is 1. The van der Waals surface area contributed by atoms with Gasteiger partial charge in [0.2, 0.25) is 0 Å². The van der Waals surface area contributed by atoms with Crippen LogP contribution in [-0.2, 0) is 11.3 Å². The molecule has 3 aromatic rings. The van der Waals surface area contributed by atoms with Gasteiger partial charge in [0, 0.05) is 5.56 Å². The van der Waals surface area contributed by atoms with Crippen LogP contribution in [0, 0.1) is 18.3 Å². The summed E-state index contributed by atoms with van der Waals surface area (Å²) in [6.07, 6.45) is 0. The van der Waals surface area contributed by atoms with Crippen molar-refractivity contribution in [3.8, 4) is 17.3 Å². The van der Waals surface area contributed by atoms with Crippen LogP contribution in [-0.4, -0.2) is 16.2 Å². The number of esters is 1. The van der Waals surface area contributed by atoms with E-state index in [1.165, 1.54) is 0 Å². The predicted octanol–water partition coefficient (Wildman–Crippen LogP) is 3.61. The molecule has 118 valence electrons. The number of carbonyl (C=O) groups is 1. The average Bonchev–Trinajstić information content (AvgIpc) is 3.10. The third-order valence-electron chi connectivity index (χ3n) is 3.57. The minimum absolute atomic E-state index is 0.104. The molecule has 1 N–H and O–H groups in total. The first-order valence-corrected chi connectivity index (χ1v) is 7.44. The normalized spacial score (nSPS) is 10.2. The third-order valence-corrected chi connectivity index (χ3v) is 3.57. The Kier molecular flexibility index (Phi) is 4.39. The Morgan fingerprint density at radius 3 is 2.75 bits per heavy atom. The van der Waals surface area contributed by atoms with E-state index < -0.39 is 5.97 Å². The number of aromatic amines is 1. The number of hydrogen-bond acceptors (Lipinski definition) is 4. The second-order valence-electron chi connectivity index (χ2n) is 5.42. The minimum Gasteiger partial charge on any atom is -0.456 e. The van der Waals surface area contributed by atoms with Crippen LogP contribution in [0.5, 0.6) is 0 Å². The van der Waals surface area contributed by atoms with Gasteiger partial charge < -0.3 is 4.74 Å². The quantitative estimate of drug-likeness (QED) is 0.745. The Bertz CT molecular complexity index is 905. The van der Waals surface area contributed by atoms with Gasteiger partial charge in [0.05, 0.1) is 17.3 Å². The Balaban J connectivity index is 1.67. The van der Waals surface area contributed by atoms with Crippen molar-refractivity contribution < 1.29 is 9.53 Å². The molecule has 0 aliphatic heterocycles. The third kappa shape index (κ3) is 3.50. The van der Waals surface area contributed by atoms with E-state index in [1.54, 1.807) is 30.3 Å². The van der Waals surface area contributed by atoms with Gasteiger partial charge in [-0.1, -0.05) is 42.0 Å². The number of nitriles is 1. The summed E-state index contributed by atoms with van der Waals surface area (Å²) < 4.78 is 5.26. The maximum atomic E-state index is 12.1. The Morgan fingerprint density at radius 1 is 1.21 bits per heavy atom. The van der Waals surface area contributed by atoms with Gasteiger partial charge in [-0.05, 0) is 30.7 Å². The van der Waals surface area contributed by atoms with Crippen LogP contribution in [0.1, 0.15) is 27.2 Å². The molecule has 24 heavy (non-hydrogen) atoms. The van der Waals surface area contributed by atoms with Crippen molar-refractivity contribution in [1.29, 1.82) is 5.26 Å². The highest BCUT2D eigenvalue weighted by atomic mass is 16.5. The van der Waals surface area contributed by atoms with E-state index in [4.69, 9.17) is 10.00 Å². The van der Waals surface area contributed by atoms with Crippen molar-refractivity contribution >= 4 is 5.97 Å². The molecule has 0 fully saturated rings. The smallest absolute Gasteiger partial charge is 0.356 e. The molecule has 0 aliphatic carbocycles. The monoisotopic (exact) mass is 317 g/mol. The lowest BCUT2D eigenvalue weighted by Gasteiger charge is -2.03. The fourth-order valence-corrected chi connectivity index (χ4v) is 2.26. The first-order chi connectivity index (χ1) is 11.7. The Hall–Kier alpha value is -3.39. The number of hydrogen-bond donors (Lipinski definition) is 1. The van der Waals surface area contributed by atoms with Crippen molar-refractivity contribution in [3.05, 3.63) is 77.0 Å². The highest BCUT2D eigenvalue weighted by molar-refractivity contribution is 5.88. The van der Waals surface area contributed by atoms with Crippen molar-refractivity contribution in [2.24, 2.45) is 0 Å². The molecule has 0 spiro atoms. The predicted molar refractivity (Wildman–Crippen MR) is 89.0 cm³/mol. The summed E-state index contributed by atoms with van der Waals surface area (Å²) >= 11 is 0. The van der Waals surface area contributed by atoms with Gasteiger partial charge in [-0.2, -0.15) is 10.4 Å². The van der Waals surface area contributed by atoms with Crippen molar-refractivity contribution in [2.45, 2.75) is 13.5 Å². The summed E-state index contributed by atoms with van der Waals surface area (Å²) in [5.41, 5.74) is 4.37. The van der Waals surface area contributed by atoms with Crippen LogP contribution in [0.3, 0.4) is 0 Å². The van der Waals surface area contributed by atoms with Crippen LogP contribution in [0.15, 0.2) is 54.6 Å². The molecule has 5 nitrogen and oxygen atoms in total. The molecule has 1 heterocycles. The fraction of sp³-hybridized carbons (Fsp3) is 0.105. The molecule has 3 rings (SSSR count). The molecule has 0 unspecified atom stereocenters. The minimum atomic E-state index is -0.483. The first-order valence-electron chi connectivity index (χ1n) is 7.44. The molecular formula is C19H15N3O2. The topological polar surface area (TPSA) is 78.8 Å². The lowest BCUT2D eigenvalue weighted by Crippen LogP contribution is -2.05. The van der Waals surface area contributed by atoms with E-state index in [0.717, 1.165) is 16.7 Å². The molecule has 0 saturated carbocycles. The number of nitrogens with zero attached hydrogens (tertiary/aromatic N) is 2. The number of rotatable bonds is 4. The summed E-state index contributed by atoms with van der Waals surface area (Å²) in [6.45, 7) is 2.12. The number of ether oxygens (including phenoxy) is 1. The van der Waals surface area contributed by atoms with Gasteiger partial charge in [0.15, 0.2) is 0 Å². The molecule has 0 radical (unpaired) electrons. The van der Waals surface area contributed by atoms with E-state index >= 15 is 0 Å². The van der Waals surface area contributed by atoms with E-state index in [2.05, 4.69) is 16.3 Å². The average molecular weight is 317 g/mol. The standard InChI is InChI=1S/C19H15N3O2/c1-13-5-7-16(8-6-13)17-10-18(22-21-17)19(23)24-12-15-4-2-3-14(9-15)11-20/h2-10H,12H2,1H3,(H,21,22). The summed E-state index contributed by atoms with van der Waals surface area (Å²) in [4.78, 5) is 12.1. The lowest BCUT2D eigenvalue weighted by atomic mass is 10.1. The van der Waals surface area contributed by atoms with E-state index in [-0.39, 0.29) is 6.61 Å². The van der Waals surface area contributed by atoms with Gasteiger partial charge in [0.1, 0.15) is 12.3 Å². The number of carbonyl (C=O) groups excluding carboxylic acids is 1. The molecule has 0 saturated heterocycles. The van der Waals surface area contributed by atoms with Gasteiger partial charge in [-0.3, -0.25) is 5.10 Å². The molecule has 0 amide bonds. The SMILES string of the molecule is Cc1ccc(-c2cc(C(=O)OCc3cccc(C#N)c3)[nH]n2)cc1. The molecule has 0 atom stereocenters. The molecule has 0 bridgehead atoms. The van der Waals surface area contributed by atoms with Crippen LogP contribution in [0.4, 0.5) is 0 Å². The van der Waals surface area contributed by atoms with Gasteiger partial charge in [0.25, 0.3) is 0 Å². The summed E-state index contributed by atoms with van der Waals surface area (Å²) in [7, 11) is 0. The Morgan fingerprint density at radius 2 is 2.00 bits per heavy atom. The van der Waals surface area contributed by atoms with Crippen molar-refractivity contribution in [3.63, 3.8) is 0 Å². The molecule has 1 aromatic heterocycles. The van der Waals surface area contributed by atoms with Gasteiger partial charge in [-0.15, -0.1) is 0 Å². The first kappa shape index (κ1) is 15.5. The van der Waals surface area contributed by atoms with Crippen molar-refractivity contribution in [2.75, 3.05) is 0 Å².